The smallest absolute Gasteiger partial charge is 0.174 e. The molecule has 23 heavy (non-hydrogen) atoms. The molecule has 0 amide bonds. The average molecular weight is 372 g/mol. The zero-order chi connectivity index (χ0) is 16.2. The van der Waals surface area contributed by atoms with Crippen molar-refractivity contribution in [3.05, 3.63) is 40.9 Å². The first-order valence-corrected chi connectivity index (χ1v) is 7.93. The van der Waals surface area contributed by atoms with Crippen molar-refractivity contribution in [1.29, 1.82) is 5.26 Å². The maximum absolute atomic E-state index is 8.69. The molecule has 3 aromatic rings. The number of para-hydroxylation sites is 2. The highest BCUT2D eigenvalue weighted by Crippen LogP contribution is 2.38. The van der Waals surface area contributed by atoms with Gasteiger partial charge >= 0.3 is 0 Å². The van der Waals surface area contributed by atoms with Gasteiger partial charge in [-0.25, -0.2) is 4.98 Å². The first-order valence-electron chi connectivity index (χ1n) is 7.14. The van der Waals surface area contributed by atoms with Crippen LogP contribution in [0, 0.1) is 11.3 Å². The number of fused-ring (bicyclic) bond motifs is 1. The van der Waals surface area contributed by atoms with Crippen LogP contribution in [0.5, 0.6) is 11.5 Å². The Balaban J connectivity index is 2.07. The number of rotatable bonds is 5. The number of halogens is 1. The number of nitrogens with one attached hydrogen (secondary N) is 1. The SMILES string of the molecule is CCOc1cc(-c2nc3ccccc3[nH]2)c(Br)cc1OCC#N. The summed E-state index contributed by atoms with van der Waals surface area (Å²) < 4.78 is 11.9. The van der Waals surface area contributed by atoms with Gasteiger partial charge in [0.2, 0.25) is 0 Å². The van der Waals surface area contributed by atoms with Gasteiger partial charge in [-0.2, -0.15) is 5.26 Å². The number of aromatic amines is 1. The number of hydrogen-bond donors (Lipinski definition) is 1. The summed E-state index contributed by atoms with van der Waals surface area (Å²) >= 11 is 3.54. The van der Waals surface area contributed by atoms with E-state index in [4.69, 9.17) is 14.7 Å². The van der Waals surface area contributed by atoms with Crippen molar-refractivity contribution in [3.8, 4) is 29.0 Å². The largest absolute Gasteiger partial charge is 0.490 e. The van der Waals surface area contributed by atoms with Gasteiger partial charge in [0.15, 0.2) is 18.1 Å². The lowest BCUT2D eigenvalue weighted by Gasteiger charge is -2.12. The maximum atomic E-state index is 8.69. The molecular formula is C17H14BrN3O2. The van der Waals surface area contributed by atoms with E-state index in [1.165, 1.54) is 0 Å². The average Bonchev–Trinajstić information content (AvgIpc) is 2.98. The second-order valence-corrected chi connectivity index (χ2v) is 5.62. The minimum Gasteiger partial charge on any atom is -0.490 e. The Kier molecular flexibility index (Phi) is 4.49. The number of aromatic nitrogens is 2. The van der Waals surface area contributed by atoms with Gasteiger partial charge in [-0.05, 0) is 47.1 Å². The van der Waals surface area contributed by atoms with Crippen molar-refractivity contribution < 1.29 is 9.47 Å². The van der Waals surface area contributed by atoms with E-state index < -0.39 is 0 Å². The molecule has 1 heterocycles. The molecule has 1 N–H and O–H groups in total. The fourth-order valence-corrected chi connectivity index (χ4v) is 2.80. The van der Waals surface area contributed by atoms with Gasteiger partial charge in [-0.1, -0.05) is 12.1 Å². The highest BCUT2D eigenvalue weighted by Gasteiger charge is 2.15. The molecule has 0 spiro atoms. The summed E-state index contributed by atoms with van der Waals surface area (Å²) in [7, 11) is 0. The van der Waals surface area contributed by atoms with Crippen LogP contribution in [0.3, 0.4) is 0 Å². The lowest BCUT2D eigenvalue weighted by molar-refractivity contribution is 0.298. The van der Waals surface area contributed by atoms with Crippen LogP contribution in [0.4, 0.5) is 0 Å². The predicted molar refractivity (Wildman–Crippen MR) is 91.5 cm³/mol. The Morgan fingerprint density at radius 1 is 1.22 bits per heavy atom. The number of imidazole rings is 1. The Morgan fingerprint density at radius 2 is 2.00 bits per heavy atom. The van der Waals surface area contributed by atoms with Gasteiger partial charge in [0.25, 0.3) is 0 Å². The molecule has 0 aliphatic carbocycles. The minimum absolute atomic E-state index is 0.0313. The van der Waals surface area contributed by atoms with Gasteiger partial charge < -0.3 is 14.5 Å². The predicted octanol–water partition coefficient (Wildman–Crippen LogP) is 4.29. The van der Waals surface area contributed by atoms with Crippen LogP contribution >= 0.6 is 15.9 Å². The highest BCUT2D eigenvalue weighted by molar-refractivity contribution is 9.10. The number of hydrogen-bond acceptors (Lipinski definition) is 4. The van der Waals surface area contributed by atoms with Crippen molar-refractivity contribution in [2.24, 2.45) is 0 Å². The second kappa shape index (κ2) is 6.71. The molecule has 0 aliphatic rings. The Bertz CT molecular complexity index is 850. The molecule has 3 rings (SSSR count). The van der Waals surface area contributed by atoms with E-state index in [1.807, 2.05) is 43.3 Å². The van der Waals surface area contributed by atoms with Crippen molar-refractivity contribution in [1.82, 2.24) is 9.97 Å². The van der Waals surface area contributed by atoms with Crippen LogP contribution in [0.15, 0.2) is 40.9 Å². The van der Waals surface area contributed by atoms with Gasteiger partial charge in [0, 0.05) is 10.0 Å². The van der Waals surface area contributed by atoms with Crippen molar-refractivity contribution in [2.75, 3.05) is 13.2 Å². The first-order chi connectivity index (χ1) is 11.2. The normalized spacial score (nSPS) is 10.5. The number of nitrogens with zero attached hydrogens (tertiary/aromatic N) is 2. The third-order valence-electron chi connectivity index (χ3n) is 3.27. The lowest BCUT2D eigenvalue weighted by atomic mass is 10.2. The number of nitriles is 1. The van der Waals surface area contributed by atoms with Gasteiger partial charge in [0.05, 0.1) is 17.6 Å². The zero-order valence-corrected chi connectivity index (χ0v) is 14.1. The standard InChI is InChI=1S/C17H14BrN3O2/c1-2-22-15-9-11(12(18)10-16(15)23-8-7-19)17-20-13-5-3-4-6-14(13)21-17/h3-6,9-10H,2,8H2,1H3,(H,20,21). The van der Waals surface area contributed by atoms with Crippen molar-refractivity contribution in [2.45, 2.75) is 6.92 Å². The first kappa shape index (κ1) is 15.4. The molecule has 0 saturated heterocycles. The van der Waals surface area contributed by atoms with Gasteiger partial charge in [-0.15, -0.1) is 0 Å². The summed E-state index contributed by atoms with van der Waals surface area (Å²) in [5.74, 6) is 1.85. The van der Waals surface area contributed by atoms with Crippen LogP contribution in [0.2, 0.25) is 0 Å². The molecule has 0 unspecified atom stereocenters. The van der Waals surface area contributed by atoms with Crippen LogP contribution < -0.4 is 9.47 Å². The fraction of sp³-hybridized carbons (Fsp3) is 0.176. The molecule has 0 bridgehead atoms. The zero-order valence-electron chi connectivity index (χ0n) is 12.5. The summed E-state index contributed by atoms with van der Waals surface area (Å²) in [5, 5.41) is 8.69. The molecular weight excluding hydrogens is 358 g/mol. The van der Waals surface area contributed by atoms with Gasteiger partial charge in [0.1, 0.15) is 11.9 Å². The summed E-state index contributed by atoms with van der Waals surface area (Å²) in [6.45, 7) is 2.37. The molecule has 2 aromatic carbocycles. The van der Waals surface area contributed by atoms with Crippen LogP contribution in [-0.2, 0) is 0 Å². The maximum Gasteiger partial charge on any atom is 0.174 e. The quantitative estimate of drug-likeness (QED) is 0.725. The number of benzene rings is 2. The monoisotopic (exact) mass is 371 g/mol. The van der Waals surface area contributed by atoms with E-state index >= 15 is 0 Å². The van der Waals surface area contributed by atoms with Crippen LogP contribution in [-0.4, -0.2) is 23.2 Å². The molecule has 0 fully saturated rings. The number of H-pyrrole nitrogens is 1. The summed E-state index contributed by atoms with van der Waals surface area (Å²) in [5.41, 5.74) is 2.74. The minimum atomic E-state index is -0.0313. The van der Waals surface area contributed by atoms with E-state index in [-0.39, 0.29) is 6.61 Å². The van der Waals surface area contributed by atoms with Crippen LogP contribution in [0.25, 0.3) is 22.4 Å². The third kappa shape index (κ3) is 3.15. The topological polar surface area (TPSA) is 70.9 Å². The van der Waals surface area contributed by atoms with E-state index in [0.29, 0.717) is 18.1 Å². The van der Waals surface area contributed by atoms with Gasteiger partial charge in [-0.3, -0.25) is 0 Å². The number of ether oxygens (including phenoxy) is 2. The Labute approximate surface area is 142 Å². The Morgan fingerprint density at radius 3 is 2.74 bits per heavy atom. The molecule has 1 aromatic heterocycles. The molecule has 0 radical (unpaired) electrons. The van der Waals surface area contributed by atoms with E-state index in [9.17, 15) is 0 Å². The highest BCUT2D eigenvalue weighted by atomic mass is 79.9. The molecule has 0 aliphatic heterocycles. The molecule has 6 heteroatoms. The Hall–Kier alpha value is -2.52. The van der Waals surface area contributed by atoms with E-state index in [0.717, 1.165) is 26.9 Å². The fourth-order valence-electron chi connectivity index (χ4n) is 2.29. The molecule has 0 saturated carbocycles. The lowest BCUT2D eigenvalue weighted by Crippen LogP contribution is -2.00. The summed E-state index contributed by atoms with van der Waals surface area (Å²) in [6, 6.07) is 13.5. The van der Waals surface area contributed by atoms with Crippen molar-refractivity contribution >= 4 is 27.0 Å². The molecule has 0 atom stereocenters. The molecule has 5 nitrogen and oxygen atoms in total. The van der Waals surface area contributed by atoms with E-state index in [1.54, 1.807) is 6.07 Å². The third-order valence-corrected chi connectivity index (χ3v) is 3.93. The molecule has 116 valence electrons. The second-order valence-electron chi connectivity index (χ2n) is 4.76. The van der Waals surface area contributed by atoms with Crippen molar-refractivity contribution in [3.63, 3.8) is 0 Å². The summed E-state index contributed by atoms with van der Waals surface area (Å²) in [4.78, 5) is 7.90. The summed E-state index contributed by atoms with van der Waals surface area (Å²) in [6.07, 6.45) is 0. The van der Waals surface area contributed by atoms with E-state index in [2.05, 4.69) is 25.9 Å². The van der Waals surface area contributed by atoms with Crippen LogP contribution in [0.1, 0.15) is 6.92 Å².